The number of nitrogens with zero attached hydrogens (tertiary/aromatic N) is 2. The Balaban J connectivity index is 2.61. The van der Waals surface area contributed by atoms with Crippen molar-refractivity contribution in [3.05, 3.63) is 0 Å². The second-order valence-corrected chi connectivity index (χ2v) is 0.537. The molecule has 3 nitrogen and oxygen atoms in total. The Labute approximate surface area is 28.9 Å². The molecule has 3 heteroatoms. The maximum absolute atomic E-state index is 4.03. The topological polar surface area (TPSA) is 34.0 Å². The Morgan fingerprint density at radius 1 is 1.80 bits per heavy atom. The highest BCUT2D eigenvalue weighted by Gasteiger charge is 1.96. The second-order valence-electron chi connectivity index (χ2n) is 0.537. The van der Waals surface area contributed by atoms with E-state index in [0.717, 1.165) is 0 Å². The lowest BCUT2D eigenvalue weighted by Crippen LogP contribution is -1.56. The standard InChI is InChI=1S/C2HN2O/c1-2-4-5-3-1/h1H/q+1. The van der Waals surface area contributed by atoms with Gasteiger partial charge in [-0.3, -0.25) is 0 Å². The molecule has 0 aromatic heterocycles. The third-order valence-corrected chi connectivity index (χ3v) is 0.251. The first kappa shape index (κ1) is 2.30. The van der Waals surface area contributed by atoms with E-state index in [2.05, 4.69) is 21.5 Å². The Hall–Kier alpha value is -0.950. The van der Waals surface area contributed by atoms with Crippen molar-refractivity contribution in [2.75, 3.05) is 0 Å². The van der Waals surface area contributed by atoms with Gasteiger partial charge in [0.2, 0.25) is 5.16 Å². The minimum Gasteiger partial charge on any atom is -0.192 e. The molecule has 0 fully saturated rings. The summed E-state index contributed by atoms with van der Waals surface area (Å²) >= 11 is 0. The average Bonchev–Trinajstić information content (AvgIpc) is 1.76. The normalized spacial score (nSPS) is 14.4. The van der Waals surface area contributed by atoms with Gasteiger partial charge in [-0.2, -0.15) is 4.94 Å². The summed E-state index contributed by atoms with van der Waals surface area (Å²) < 4.78 is 0. The molecule has 0 saturated heterocycles. The van der Waals surface area contributed by atoms with Crippen LogP contribution in [0, 0.1) is 0 Å². The molecule has 0 atom stereocenters. The van der Waals surface area contributed by atoms with Crippen molar-refractivity contribution in [2.24, 2.45) is 10.3 Å². The first-order valence-electron chi connectivity index (χ1n) is 1.14. The summed E-state index contributed by atoms with van der Waals surface area (Å²) in [5, 5.41) is 6.29. The first-order valence-corrected chi connectivity index (χ1v) is 1.14. The highest BCUT2D eigenvalue weighted by molar-refractivity contribution is 6.16. The summed E-state index contributed by atoms with van der Waals surface area (Å²) in [6.07, 6.45) is 3.68. The molecule has 0 aliphatic carbocycles. The number of oxime groups is 1. The third-order valence-electron chi connectivity index (χ3n) is 0.251. The van der Waals surface area contributed by atoms with Gasteiger partial charge in [-0.05, 0) is 0 Å². The smallest absolute Gasteiger partial charge is 0.192 e. The molecule has 0 radical (unpaired) electrons. The third kappa shape index (κ3) is 0.205. The fourth-order valence-electron chi connectivity index (χ4n) is 0.118. The molecule has 1 rings (SSSR count). The van der Waals surface area contributed by atoms with Crippen molar-refractivity contribution in [1.29, 1.82) is 0 Å². The minimum atomic E-state index is 1.35. The average molecular weight is 69.0 g/mol. The molecular weight excluding hydrogens is 68.0 g/mol. The summed E-state index contributed by atoms with van der Waals surface area (Å²) in [5.74, 6) is 0. The number of hydrogen-bond acceptors (Lipinski definition) is 3. The lowest BCUT2D eigenvalue weighted by Gasteiger charge is -1.55. The lowest BCUT2D eigenvalue weighted by molar-refractivity contribution is 0.166. The van der Waals surface area contributed by atoms with Crippen molar-refractivity contribution in [3.8, 4) is 0 Å². The molecule has 24 valence electrons. The van der Waals surface area contributed by atoms with Crippen LogP contribution >= 0.6 is 0 Å². The zero-order valence-electron chi connectivity index (χ0n) is 2.38. The van der Waals surface area contributed by atoms with Crippen LogP contribution in [0.1, 0.15) is 0 Å². The first-order chi connectivity index (χ1) is 2.50. The fraction of sp³-hybridized carbons (Fsp3) is 0. The van der Waals surface area contributed by atoms with E-state index in [0.29, 0.717) is 0 Å². The molecule has 0 spiro atoms. The second kappa shape index (κ2) is 0.781. The predicted molar refractivity (Wildman–Crippen MR) is 17.0 cm³/mol. The van der Waals surface area contributed by atoms with Crippen LogP contribution in [-0.2, 0) is 4.94 Å². The van der Waals surface area contributed by atoms with E-state index in [9.17, 15) is 0 Å². The maximum atomic E-state index is 4.03. The highest BCUT2D eigenvalue weighted by Crippen LogP contribution is 1.76. The van der Waals surface area contributed by atoms with Crippen LogP contribution in [0.3, 0.4) is 0 Å². The molecule has 0 bridgehead atoms. The molecule has 0 amide bonds. The van der Waals surface area contributed by atoms with Crippen LogP contribution in [-0.4, -0.2) is 12.4 Å². The summed E-state index contributed by atoms with van der Waals surface area (Å²) in [5.41, 5.74) is 0. The molecule has 0 N–H and O–H groups in total. The monoisotopic (exact) mass is 69.0 g/mol. The summed E-state index contributed by atoms with van der Waals surface area (Å²) in [7, 11) is 0. The Morgan fingerprint density at radius 2 is 2.80 bits per heavy atom. The molecule has 1 aliphatic rings. The van der Waals surface area contributed by atoms with Crippen molar-refractivity contribution < 1.29 is 4.94 Å². The summed E-state index contributed by atoms with van der Waals surface area (Å²) in [4.78, 5) is 4.03. The van der Waals surface area contributed by atoms with Gasteiger partial charge in [-0.15, -0.1) is 0 Å². The Kier molecular flexibility index (Phi) is 0.359. The molecule has 0 saturated carbocycles. The van der Waals surface area contributed by atoms with Crippen LogP contribution in [0.5, 0.6) is 0 Å². The SMILES string of the molecule is [C+]1=NON=C1. The van der Waals surface area contributed by atoms with Gasteiger partial charge in [0.1, 0.15) is 0 Å². The molecule has 0 aromatic rings. The molecule has 5 heavy (non-hydrogen) atoms. The van der Waals surface area contributed by atoms with Crippen LogP contribution in [0.25, 0.3) is 0 Å². The van der Waals surface area contributed by atoms with Crippen LogP contribution in [0.2, 0.25) is 0 Å². The van der Waals surface area contributed by atoms with E-state index in [1.165, 1.54) is 6.21 Å². The summed E-state index contributed by atoms with van der Waals surface area (Å²) in [6.45, 7) is 0. The predicted octanol–water partition coefficient (Wildman–Crippen LogP) is -0.135. The van der Waals surface area contributed by atoms with Gasteiger partial charge in [0.25, 0.3) is 0 Å². The van der Waals surface area contributed by atoms with Gasteiger partial charge in [0, 0.05) is 5.16 Å². The Morgan fingerprint density at radius 3 is 3.00 bits per heavy atom. The van der Waals surface area contributed by atoms with E-state index in [1.807, 2.05) is 0 Å². The van der Waals surface area contributed by atoms with E-state index in [-0.39, 0.29) is 0 Å². The maximum Gasteiger partial charge on any atom is 0.466 e. The van der Waals surface area contributed by atoms with E-state index < -0.39 is 0 Å². The highest BCUT2D eigenvalue weighted by atomic mass is 16.8. The van der Waals surface area contributed by atoms with Crippen molar-refractivity contribution >= 4 is 12.4 Å². The van der Waals surface area contributed by atoms with Gasteiger partial charge >= 0.3 is 12.4 Å². The van der Waals surface area contributed by atoms with Crippen molar-refractivity contribution in [2.45, 2.75) is 0 Å². The van der Waals surface area contributed by atoms with Crippen molar-refractivity contribution in [1.82, 2.24) is 0 Å². The minimum absolute atomic E-state index is 1.35. The van der Waals surface area contributed by atoms with Gasteiger partial charge in [0.05, 0.1) is 0 Å². The fourth-order valence-corrected chi connectivity index (χ4v) is 0.118. The molecule has 1 aliphatic heterocycles. The largest absolute Gasteiger partial charge is 0.466 e. The van der Waals surface area contributed by atoms with Crippen LogP contribution in [0.4, 0.5) is 0 Å². The van der Waals surface area contributed by atoms with E-state index >= 15 is 0 Å². The zero-order chi connectivity index (χ0) is 3.54. The zero-order valence-corrected chi connectivity index (χ0v) is 2.38. The molecule has 0 aromatic carbocycles. The van der Waals surface area contributed by atoms with Crippen molar-refractivity contribution in [3.63, 3.8) is 0 Å². The van der Waals surface area contributed by atoms with Gasteiger partial charge in [0.15, 0.2) is 0 Å². The molecule has 1 heterocycles. The number of rotatable bonds is 0. The van der Waals surface area contributed by atoms with Gasteiger partial charge in [-0.1, -0.05) is 0 Å². The summed E-state index contributed by atoms with van der Waals surface area (Å²) in [6, 6.07) is 0. The molecule has 0 unspecified atom stereocenters. The Bertz CT molecular complexity index is 65.7. The van der Waals surface area contributed by atoms with Gasteiger partial charge in [-0.25, -0.2) is 0 Å². The molecular formula is C2HN2O+. The van der Waals surface area contributed by atoms with Crippen LogP contribution < -0.4 is 0 Å². The quantitative estimate of drug-likeness (QED) is 0.364. The van der Waals surface area contributed by atoms with E-state index in [1.54, 1.807) is 0 Å². The van der Waals surface area contributed by atoms with E-state index in [4.69, 9.17) is 0 Å². The number of hydrogen-bond donors (Lipinski definition) is 0. The lowest BCUT2D eigenvalue weighted by atomic mass is 10.9. The van der Waals surface area contributed by atoms with Gasteiger partial charge < -0.3 is 0 Å². The van der Waals surface area contributed by atoms with Crippen LogP contribution in [0.15, 0.2) is 10.3 Å².